The molecule has 2 aliphatic rings. The number of aliphatic hydroxyl groups excluding tert-OH is 3. The molecule has 2 unspecified atom stereocenters. The van der Waals surface area contributed by atoms with E-state index in [9.17, 15) is 15.3 Å². The van der Waals surface area contributed by atoms with Crippen LogP contribution in [0.4, 0.5) is 0 Å². The van der Waals surface area contributed by atoms with Gasteiger partial charge in [0.15, 0.2) is 0 Å². The van der Waals surface area contributed by atoms with Crippen LogP contribution < -0.4 is 4.74 Å². The van der Waals surface area contributed by atoms with Crippen molar-refractivity contribution in [2.45, 2.75) is 37.2 Å². The lowest BCUT2D eigenvalue weighted by molar-refractivity contribution is -0.234. The highest BCUT2D eigenvalue weighted by Crippen LogP contribution is 2.33. The minimum Gasteiger partial charge on any atom is -0.497 e. The monoisotopic (exact) mass is 424 g/mol. The van der Waals surface area contributed by atoms with Crippen LogP contribution in [-0.2, 0) is 16.0 Å². The second kappa shape index (κ2) is 7.97. The highest BCUT2D eigenvalue weighted by Gasteiger charge is 2.49. The standard InChI is InChI=1S/C23H24N2O6/c1-29-14-7-8-15-16(11-25(17(15)9-14)10-13-5-3-2-4-6-13)22-24-19-21(28)20(27)18(12-26)30-23(19)31-22/h2-9,11,18-21,23,26-28H,10,12H2,1H3/t18?,19-,20-,21?,23-/m1/s1. The van der Waals surface area contributed by atoms with Crippen molar-refractivity contribution in [2.75, 3.05) is 13.7 Å². The summed E-state index contributed by atoms with van der Waals surface area (Å²) in [5, 5.41) is 30.9. The first kappa shape index (κ1) is 20.0. The van der Waals surface area contributed by atoms with Crippen LogP contribution in [0.1, 0.15) is 11.1 Å². The molecule has 1 saturated heterocycles. The number of nitrogens with zero attached hydrogens (tertiary/aromatic N) is 2. The van der Waals surface area contributed by atoms with E-state index in [0.29, 0.717) is 12.4 Å². The minimum atomic E-state index is -1.23. The summed E-state index contributed by atoms with van der Waals surface area (Å²) in [5.74, 6) is 1.07. The second-order valence-corrected chi connectivity index (χ2v) is 7.79. The van der Waals surface area contributed by atoms with Gasteiger partial charge in [-0.15, -0.1) is 0 Å². The van der Waals surface area contributed by atoms with Gasteiger partial charge in [-0.05, 0) is 17.7 Å². The van der Waals surface area contributed by atoms with E-state index in [4.69, 9.17) is 14.2 Å². The van der Waals surface area contributed by atoms with Crippen molar-refractivity contribution in [1.82, 2.24) is 4.57 Å². The van der Waals surface area contributed by atoms with Crippen LogP contribution in [0.3, 0.4) is 0 Å². The molecule has 0 spiro atoms. The predicted octanol–water partition coefficient (Wildman–Crippen LogP) is 1.28. The number of hydrogen-bond donors (Lipinski definition) is 3. The number of methoxy groups -OCH3 is 1. The van der Waals surface area contributed by atoms with Gasteiger partial charge >= 0.3 is 0 Å². The van der Waals surface area contributed by atoms with Gasteiger partial charge in [0.25, 0.3) is 0 Å². The highest BCUT2D eigenvalue weighted by atomic mass is 16.7. The van der Waals surface area contributed by atoms with E-state index < -0.39 is 37.3 Å². The largest absolute Gasteiger partial charge is 0.497 e. The van der Waals surface area contributed by atoms with Gasteiger partial charge in [0.1, 0.15) is 30.1 Å². The van der Waals surface area contributed by atoms with Crippen molar-refractivity contribution in [3.05, 3.63) is 65.9 Å². The van der Waals surface area contributed by atoms with E-state index in [-0.39, 0.29) is 0 Å². The van der Waals surface area contributed by atoms with Crippen molar-refractivity contribution in [3.63, 3.8) is 0 Å². The quantitative estimate of drug-likeness (QED) is 0.570. The SMILES string of the molecule is COc1ccc2c(C3=N[C@@H]4C(O)[C@H](O)C(CO)O[C@@H]4O3)cn(Cc3ccccc3)c2c1. The van der Waals surface area contributed by atoms with Gasteiger partial charge in [-0.2, -0.15) is 0 Å². The molecule has 0 aliphatic carbocycles. The Morgan fingerprint density at radius 2 is 1.90 bits per heavy atom. The molecule has 1 aromatic heterocycles. The van der Waals surface area contributed by atoms with E-state index in [0.717, 1.165) is 27.8 Å². The van der Waals surface area contributed by atoms with Crippen LogP contribution >= 0.6 is 0 Å². The van der Waals surface area contributed by atoms with Gasteiger partial charge in [-0.25, -0.2) is 4.99 Å². The van der Waals surface area contributed by atoms with Crippen molar-refractivity contribution in [1.29, 1.82) is 0 Å². The van der Waals surface area contributed by atoms with Crippen molar-refractivity contribution >= 4 is 16.8 Å². The molecule has 0 amide bonds. The third-order valence-electron chi connectivity index (χ3n) is 5.86. The highest BCUT2D eigenvalue weighted by molar-refractivity contribution is 6.08. The average molecular weight is 424 g/mol. The molecule has 2 aliphatic heterocycles. The number of benzene rings is 2. The Balaban J connectivity index is 1.54. The number of rotatable bonds is 5. The van der Waals surface area contributed by atoms with Gasteiger partial charge < -0.3 is 34.1 Å². The fraction of sp³-hybridized carbons (Fsp3) is 0.348. The van der Waals surface area contributed by atoms with E-state index in [1.54, 1.807) is 7.11 Å². The fourth-order valence-electron chi connectivity index (χ4n) is 4.19. The van der Waals surface area contributed by atoms with Crippen LogP contribution in [-0.4, -0.2) is 70.1 Å². The van der Waals surface area contributed by atoms with Crippen molar-refractivity contribution in [3.8, 4) is 5.75 Å². The Bertz CT molecular complexity index is 1110. The summed E-state index contributed by atoms with van der Waals surface area (Å²) in [6, 6.07) is 15.1. The molecule has 31 heavy (non-hydrogen) atoms. The summed E-state index contributed by atoms with van der Waals surface area (Å²) in [5.41, 5.74) is 2.85. The molecule has 1 fully saturated rings. The zero-order valence-corrected chi connectivity index (χ0v) is 17.0. The molecular weight excluding hydrogens is 400 g/mol. The molecule has 5 rings (SSSR count). The van der Waals surface area contributed by atoms with Gasteiger partial charge in [-0.1, -0.05) is 30.3 Å². The van der Waals surface area contributed by atoms with Crippen LogP contribution in [0.5, 0.6) is 5.75 Å². The molecule has 0 bridgehead atoms. The van der Waals surface area contributed by atoms with Crippen LogP contribution in [0.25, 0.3) is 10.9 Å². The first-order valence-electron chi connectivity index (χ1n) is 10.2. The normalized spacial score (nSPS) is 27.6. The Hall–Kier alpha value is -2.91. The Morgan fingerprint density at radius 1 is 1.10 bits per heavy atom. The molecule has 0 radical (unpaired) electrons. The third-order valence-corrected chi connectivity index (χ3v) is 5.86. The maximum atomic E-state index is 10.4. The molecule has 2 aromatic carbocycles. The number of hydrogen-bond acceptors (Lipinski definition) is 7. The predicted molar refractivity (Wildman–Crippen MR) is 113 cm³/mol. The molecule has 162 valence electrons. The molecule has 3 N–H and O–H groups in total. The summed E-state index contributed by atoms with van der Waals surface area (Å²) < 4.78 is 19.1. The molecule has 5 atom stereocenters. The number of aliphatic hydroxyl groups is 3. The molecular formula is C23H24N2O6. The zero-order chi connectivity index (χ0) is 21.5. The molecule has 3 heterocycles. The Morgan fingerprint density at radius 3 is 2.65 bits per heavy atom. The topological polar surface area (TPSA) is 106 Å². The molecule has 8 heteroatoms. The lowest BCUT2D eigenvalue weighted by atomic mass is 9.98. The zero-order valence-electron chi connectivity index (χ0n) is 17.0. The number of aliphatic imine (C=N–C) groups is 1. The van der Waals surface area contributed by atoms with Gasteiger partial charge in [0.05, 0.1) is 24.8 Å². The Kier molecular flexibility index (Phi) is 5.15. The summed E-state index contributed by atoms with van der Waals surface area (Å²) in [6.45, 7) is 0.228. The summed E-state index contributed by atoms with van der Waals surface area (Å²) in [4.78, 5) is 4.53. The van der Waals surface area contributed by atoms with E-state index in [2.05, 4.69) is 21.7 Å². The smallest absolute Gasteiger partial charge is 0.227 e. The van der Waals surface area contributed by atoms with Crippen molar-refractivity contribution < 1.29 is 29.5 Å². The lowest BCUT2D eigenvalue weighted by Gasteiger charge is -2.36. The lowest BCUT2D eigenvalue weighted by Crippen LogP contribution is -2.56. The van der Waals surface area contributed by atoms with E-state index >= 15 is 0 Å². The maximum absolute atomic E-state index is 10.4. The third kappa shape index (κ3) is 3.47. The van der Waals surface area contributed by atoms with E-state index in [1.165, 1.54) is 0 Å². The van der Waals surface area contributed by atoms with Gasteiger partial charge in [0, 0.05) is 24.2 Å². The molecule has 3 aromatic rings. The number of aromatic nitrogens is 1. The second-order valence-electron chi connectivity index (χ2n) is 7.79. The fourth-order valence-corrected chi connectivity index (χ4v) is 4.19. The summed E-state index contributed by atoms with van der Waals surface area (Å²) in [6.07, 6.45) is -2.25. The number of ether oxygens (including phenoxy) is 3. The van der Waals surface area contributed by atoms with E-state index in [1.807, 2.05) is 42.6 Å². The van der Waals surface area contributed by atoms with Gasteiger partial charge in [-0.3, -0.25) is 0 Å². The van der Waals surface area contributed by atoms with Crippen LogP contribution in [0.15, 0.2) is 59.7 Å². The van der Waals surface area contributed by atoms with Crippen molar-refractivity contribution in [2.24, 2.45) is 4.99 Å². The number of fused-ring (bicyclic) bond motifs is 2. The molecule has 8 nitrogen and oxygen atoms in total. The van der Waals surface area contributed by atoms with Crippen LogP contribution in [0.2, 0.25) is 0 Å². The first-order valence-corrected chi connectivity index (χ1v) is 10.2. The van der Waals surface area contributed by atoms with Crippen LogP contribution in [0, 0.1) is 0 Å². The van der Waals surface area contributed by atoms with Gasteiger partial charge in [0.2, 0.25) is 12.2 Å². The Labute approximate surface area is 178 Å². The maximum Gasteiger partial charge on any atom is 0.227 e. The summed E-state index contributed by atoms with van der Waals surface area (Å²) >= 11 is 0. The minimum absolute atomic E-state index is 0.335. The summed E-state index contributed by atoms with van der Waals surface area (Å²) in [7, 11) is 1.63. The first-order chi connectivity index (χ1) is 15.1. The molecule has 0 saturated carbocycles. The average Bonchev–Trinajstić information content (AvgIpc) is 3.38.